The van der Waals surface area contributed by atoms with E-state index < -0.39 is 6.72 Å². The van der Waals surface area contributed by atoms with Crippen molar-refractivity contribution in [2.45, 2.75) is 0 Å². The Labute approximate surface area is 75.7 Å². The summed E-state index contributed by atoms with van der Waals surface area (Å²) in [6.45, 7) is -1.04. The molecule has 0 radical (unpaired) electrons. The minimum atomic E-state index is -2.51. The Hall–Kier alpha value is 0.790. The van der Waals surface area contributed by atoms with Crippen molar-refractivity contribution >= 4 is 29.7 Å². The molecule has 0 aliphatic carbocycles. The van der Waals surface area contributed by atoms with Crippen LogP contribution in [0, 0.1) is 0 Å². The maximum absolute atomic E-state index is 11.7. The second-order valence-electron chi connectivity index (χ2n) is 2.13. The normalized spacial score (nSPS) is 32.9. The Morgan fingerprint density at radius 3 is 3.09 bits per heavy atom. The SMILES string of the molecule is COP1(=O)SCCN1CCCl. The van der Waals surface area contributed by atoms with Crippen molar-refractivity contribution < 1.29 is 9.09 Å². The Balaban J connectivity index is 2.57. The summed E-state index contributed by atoms with van der Waals surface area (Å²) in [5, 5.41) is 0. The first-order valence-electron chi connectivity index (χ1n) is 3.34. The molecule has 3 nitrogen and oxygen atoms in total. The molecule has 0 bridgehead atoms. The first kappa shape index (κ1) is 9.87. The molecule has 1 unspecified atom stereocenters. The van der Waals surface area contributed by atoms with Crippen molar-refractivity contribution in [3.8, 4) is 0 Å². The first-order chi connectivity index (χ1) is 5.23. The van der Waals surface area contributed by atoms with E-state index >= 15 is 0 Å². The molecule has 0 N–H and O–H groups in total. The number of rotatable bonds is 3. The molecule has 0 amide bonds. The Morgan fingerprint density at radius 1 is 1.82 bits per heavy atom. The predicted octanol–water partition coefficient (Wildman–Crippen LogP) is 2.03. The summed E-state index contributed by atoms with van der Waals surface area (Å²) in [7, 11) is 1.49. The third kappa shape index (κ3) is 2.13. The predicted molar refractivity (Wildman–Crippen MR) is 49.4 cm³/mol. The van der Waals surface area contributed by atoms with Gasteiger partial charge in [-0.25, -0.2) is 4.67 Å². The van der Waals surface area contributed by atoms with E-state index in [4.69, 9.17) is 16.1 Å². The average Bonchev–Trinajstić information content (AvgIpc) is 2.35. The van der Waals surface area contributed by atoms with Crippen molar-refractivity contribution in [3.63, 3.8) is 0 Å². The standard InChI is InChI=1S/C5H11ClNO2PS/c1-9-10(8)7(3-2-6)4-5-11-10/h2-5H2,1H3. The highest BCUT2D eigenvalue weighted by Crippen LogP contribution is 2.65. The van der Waals surface area contributed by atoms with E-state index in [9.17, 15) is 4.57 Å². The summed E-state index contributed by atoms with van der Waals surface area (Å²) in [6.07, 6.45) is 0. The maximum Gasteiger partial charge on any atom is 0.328 e. The molecular weight excluding hydrogens is 205 g/mol. The lowest BCUT2D eigenvalue weighted by molar-refractivity contribution is 0.342. The molecule has 1 fully saturated rings. The van der Waals surface area contributed by atoms with Gasteiger partial charge in [0.2, 0.25) is 0 Å². The molecule has 1 saturated heterocycles. The molecule has 1 rings (SSSR count). The second-order valence-corrected chi connectivity index (χ2v) is 7.20. The molecule has 1 atom stereocenters. The van der Waals surface area contributed by atoms with Gasteiger partial charge < -0.3 is 4.52 Å². The van der Waals surface area contributed by atoms with Crippen LogP contribution in [0.5, 0.6) is 0 Å². The summed E-state index contributed by atoms with van der Waals surface area (Å²) in [5.41, 5.74) is 0. The second kappa shape index (κ2) is 4.15. The number of hydrogen-bond donors (Lipinski definition) is 0. The lowest BCUT2D eigenvalue weighted by Crippen LogP contribution is -2.19. The molecule has 0 aromatic carbocycles. The summed E-state index contributed by atoms with van der Waals surface area (Å²) in [4.78, 5) is 0. The number of alkyl halides is 1. The fourth-order valence-electron chi connectivity index (χ4n) is 0.966. The van der Waals surface area contributed by atoms with Gasteiger partial charge in [0.15, 0.2) is 0 Å². The van der Waals surface area contributed by atoms with E-state index in [0.717, 1.165) is 12.3 Å². The largest absolute Gasteiger partial charge is 0.328 e. The summed E-state index contributed by atoms with van der Waals surface area (Å²) in [6, 6.07) is 0. The molecule has 1 aliphatic rings. The lowest BCUT2D eigenvalue weighted by Gasteiger charge is -2.19. The van der Waals surface area contributed by atoms with E-state index in [1.165, 1.54) is 18.5 Å². The van der Waals surface area contributed by atoms with Gasteiger partial charge in [-0.05, 0) is 0 Å². The summed E-state index contributed by atoms with van der Waals surface area (Å²) < 4.78 is 18.5. The van der Waals surface area contributed by atoms with Crippen LogP contribution in [-0.2, 0) is 9.09 Å². The fourth-order valence-corrected chi connectivity index (χ4v) is 5.38. The van der Waals surface area contributed by atoms with Gasteiger partial charge in [0, 0.05) is 31.8 Å². The van der Waals surface area contributed by atoms with Crippen molar-refractivity contribution in [2.75, 3.05) is 31.8 Å². The van der Waals surface area contributed by atoms with E-state index in [2.05, 4.69) is 0 Å². The van der Waals surface area contributed by atoms with E-state index in [1.807, 2.05) is 4.67 Å². The Kier molecular flexibility index (Phi) is 3.72. The minimum absolute atomic E-state index is 0.508. The highest BCUT2D eigenvalue weighted by atomic mass is 35.5. The van der Waals surface area contributed by atoms with Crippen LogP contribution < -0.4 is 0 Å². The molecular formula is C5H11ClNO2PS. The van der Waals surface area contributed by atoms with Crippen LogP contribution in [0.1, 0.15) is 0 Å². The maximum atomic E-state index is 11.7. The van der Waals surface area contributed by atoms with Crippen LogP contribution in [0.3, 0.4) is 0 Å². The number of nitrogens with zero attached hydrogens (tertiary/aromatic N) is 1. The summed E-state index contributed by atoms with van der Waals surface area (Å²) in [5.74, 6) is 1.38. The fraction of sp³-hybridized carbons (Fsp3) is 1.00. The van der Waals surface area contributed by atoms with Gasteiger partial charge in [0.25, 0.3) is 0 Å². The quantitative estimate of drug-likeness (QED) is 0.532. The smallest absolute Gasteiger partial charge is 0.313 e. The lowest BCUT2D eigenvalue weighted by atomic mass is 10.6. The van der Waals surface area contributed by atoms with Crippen molar-refractivity contribution in [3.05, 3.63) is 0 Å². The van der Waals surface area contributed by atoms with E-state index in [1.54, 1.807) is 0 Å². The molecule has 0 spiro atoms. The van der Waals surface area contributed by atoms with Crippen molar-refractivity contribution in [1.29, 1.82) is 0 Å². The van der Waals surface area contributed by atoms with Crippen LogP contribution in [0.15, 0.2) is 0 Å². The molecule has 66 valence electrons. The highest BCUT2D eigenvalue weighted by molar-refractivity contribution is 8.56. The van der Waals surface area contributed by atoms with Crippen LogP contribution in [-0.4, -0.2) is 36.5 Å². The Morgan fingerprint density at radius 2 is 2.55 bits per heavy atom. The van der Waals surface area contributed by atoms with Crippen LogP contribution in [0.2, 0.25) is 0 Å². The van der Waals surface area contributed by atoms with Gasteiger partial charge >= 0.3 is 6.72 Å². The van der Waals surface area contributed by atoms with Gasteiger partial charge in [-0.3, -0.25) is 4.57 Å². The highest BCUT2D eigenvalue weighted by Gasteiger charge is 2.36. The van der Waals surface area contributed by atoms with Crippen molar-refractivity contribution in [2.24, 2.45) is 0 Å². The third-order valence-corrected chi connectivity index (χ3v) is 6.60. The van der Waals surface area contributed by atoms with Gasteiger partial charge in [0.1, 0.15) is 0 Å². The van der Waals surface area contributed by atoms with Gasteiger partial charge in [-0.15, -0.1) is 11.6 Å². The number of halogens is 1. The monoisotopic (exact) mass is 215 g/mol. The molecule has 1 aliphatic heterocycles. The molecule has 6 heteroatoms. The van der Waals surface area contributed by atoms with Crippen molar-refractivity contribution in [1.82, 2.24) is 4.67 Å². The average molecular weight is 216 g/mol. The molecule has 0 saturated carbocycles. The van der Waals surface area contributed by atoms with Gasteiger partial charge in [0.05, 0.1) is 0 Å². The Bertz CT molecular complexity index is 180. The first-order valence-corrected chi connectivity index (χ1v) is 7.05. The van der Waals surface area contributed by atoms with E-state index in [-0.39, 0.29) is 0 Å². The van der Waals surface area contributed by atoms with E-state index in [0.29, 0.717) is 12.4 Å². The zero-order valence-electron chi connectivity index (χ0n) is 6.33. The van der Waals surface area contributed by atoms with Gasteiger partial charge in [-0.1, -0.05) is 11.4 Å². The van der Waals surface area contributed by atoms with Crippen LogP contribution in [0.4, 0.5) is 0 Å². The van der Waals surface area contributed by atoms with Gasteiger partial charge in [-0.2, -0.15) is 0 Å². The zero-order valence-corrected chi connectivity index (χ0v) is 8.79. The zero-order chi connectivity index (χ0) is 8.32. The molecule has 1 heterocycles. The van der Waals surface area contributed by atoms with Crippen LogP contribution >= 0.6 is 29.7 Å². The number of hydrogen-bond acceptors (Lipinski definition) is 3. The topological polar surface area (TPSA) is 29.5 Å². The minimum Gasteiger partial charge on any atom is -0.313 e. The molecule has 0 aromatic rings. The third-order valence-electron chi connectivity index (χ3n) is 1.52. The molecule has 0 aromatic heterocycles. The molecule has 11 heavy (non-hydrogen) atoms. The van der Waals surface area contributed by atoms with Crippen LogP contribution in [0.25, 0.3) is 0 Å². The summed E-state index contributed by atoms with van der Waals surface area (Å²) >= 11 is 6.93.